The molecule has 3 N–H and O–H groups in total. The average molecular weight is 324 g/mol. The van der Waals surface area contributed by atoms with E-state index in [-0.39, 0.29) is 11.9 Å². The Morgan fingerprint density at radius 2 is 2.19 bits per heavy atom. The molecule has 0 spiro atoms. The number of nitrogens with zero attached hydrogens (tertiary/aromatic N) is 1. The lowest BCUT2D eigenvalue weighted by atomic mass is 10.1. The maximum atomic E-state index is 12.2. The Morgan fingerprint density at radius 3 is 2.76 bits per heavy atom. The topological polar surface area (TPSA) is 58.4 Å². The summed E-state index contributed by atoms with van der Waals surface area (Å²) in [5.41, 5.74) is 6.66. The predicted octanol–water partition coefficient (Wildman–Crippen LogP) is 3.02. The van der Waals surface area contributed by atoms with Gasteiger partial charge in [0.15, 0.2) is 0 Å². The summed E-state index contributed by atoms with van der Waals surface area (Å²) in [5, 5.41) is 5.43. The van der Waals surface area contributed by atoms with Crippen LogP contribution in [0, 0.1) is 0 Å². The minimum absolute atomic E-state index is 0.144. The van der Waals surface area contributed by atoms with Crippen molar-refractivity contribution in [3.05, 3.63) is 51.2 Å². The van der Waals surface area contributed by atoms with Crippen LogP contribution < -0.4 is 11.1 Å². The molecular formula is C15H18ClN3OS. The monoisotopic (exact) mass is 323 g/mol. The molecule has 0 aliphatic rings. The van der Waals surface area contributed by atoms with Crippen LogP contribution in [0.25, 0.3) is 0 Å². The molecule has 0 saturated heterocycles. The van der Waals surface area contributed by atoms with Crippen molar-refractivity contribution in [2.45, 2.75) is 6.04 Å². The third-order valence-electron chi connectivity index (χ3n) is 3.13. The molecule has 1 amide bonds. The number of carbonyl (C=O) groups excluding carboxylic acids is 1. The number of rotatable bonds is 5. The quantitative estimate of drug-likeness (QED) is 0.832. The van der Waals surface area contributed by atoms with E-state index in [1.165, 1.54) is 4.88 Å². The van der Waals surface area contributed by atoms with Crippen LogP contribution in [0.5, 0.6) is 0 Å². The van der Waals surface area contributed by atoms with Crippen LogP contribution in [0.1, 0.15) is 21.3 Å². The van der Waals surface area contributed by atoms with E-state index < -0.39 is 0 Å². The molecule has 0 fully saturated rings. The molecule has 21 heavy (non-hydrogen) atoms. The van der Waals surface area contributed by atoms with Crippen LogP contribution >= 0.6 is 22.9 Å². The van der Waals surface area contributed by atoms with Gasteiger partial charge in [-0.1, -0.05) is 17.7 Å². The number of carbonyl (C=O) groups is 1. The Morgan fingerprint density at radius 1 is 1.43 bits per heavy atom. The van der Waals surface area contributed by atoms with E-state index in [4.69, 9.17) is 17.3 Å². The minimum Gasteiger partial charge on any atom is -0.399 e. The summed E-state index contributed by atoms with van der Waals surface area (Å²) in [4.78, 5) is 15.5. The molecule has 0 saturated carbocycles. The molecule has 0 aliphatic carbocycles. The second-order valence-corrected chi connectivity index (χ2v) is 6.39. The first-order valence-electron chi connectivity index (χ1n) is 6.51. The van der Waals surface area contributed by atoms with Crippen LogP contribution in [-0.2, 0) is 0 Å². The van der Waals surface area contributed by atoms with Crippen LogP contribution in [-0.4, -0.2) is 31.4 Å². The Labute approximate surface area is 133 Å². The fourth-order valence-electron chi connectivity index (χ4n) is 2.05. The number of likely N-dealkylation sites (N-methyl/N-ethyl adjacent to an activating group) is 1. The Kier molecular flexibility index (Phi) is 5.22. The number of anilines is 1. The molecule has 1 atom stereocenters. The van der Waals surface area contributed by atoms with Crippen molar-refractivity contribution in [1.29, 1.82) is 0 Å². The normalized spacial score (nSPS) is 12.4. The minimum atomic E-state index is -0.174. The number of halogens is 1. The van der Waals surface area contributed by atoms with Gasteiger partial charge in [-0.25, -0.2) is 0 Å². The molecule has 6 heteroatoms. The molecule has 2 aromatic rings. The Balaban J connectivity index is 2.05. The van der Waals surface area contributed by atoms with Gasteiger partial charge in [0.2, 0.25) is 0 Å². The summed E-state index contributed by atoms with van der Waals surface area (Å²) in [7, 11) is 3.99. The third kappa shape index (κ3) is 4.20. The highest BCUT2D eigenvalue weighted by molar-refractivity contribution is 7.10. The van der Waals surface area contributed by atoms with E-state index in [9.17, 15) is 4.79 Å². The highest BCUT2D eigenvalue weighted by atomic mass is 35.5. The fraction of sp³-hybridized carbons (Fsp3) is 0.267. The van der Waals surface area contributed by atoms with Gasteiger partial charge in [0, 0.05) is 27.7 Å². The van der Waals surface area contributed by atoms with E-state index in [0.717, 1.165) is 0 Å². The molecule has 2 rings (SSSR count). The Hall–Kier alpha value is -1.56. The van der Waals surface area contributed by atoms with Crippen LogP contribution in [0.2, 0.25) is 5.02 Å². The van der Waals surface area contributed by atoms with Crippen molar-refractivity contribution in [2.75, 3.05) is 26.4 Å². The van der Waals surface area contributed by atoms with Gasteiger partial charge in [-0.05, 0) is 43.7 Å². The number of nitrogen functional groups attached to an aromatic ring is 1. The van der Waals surface area contributed by atoms with Crippen molar-refractivity contribution in [3.8, 4) is 0 Å². The predicted molar refractivity (Wildman–Crippen MR) is 88.9 cm³/mol. The molecule has 1 heterocycles. The van der Waals surface area contributed by atoms with E-state index in [0.29, 0.717) is 22.8 Å². The standard InChI is InChI=1S/C15H18ClN3OS/c1-19(2)13(14-4-3-5-21-14)9-18-15(20)10-6-11(16)8-12(17)7-10/h3-8,13H,9,17H2,1-2H3,(H,18,20). The van der Waals surface area contributed by atoms with Gasteiger partial charge < -0.3 is 16.0 Å². The number of hydrogen-bond donors (Lipinski definition) is 2. The highest BCUT2D eigenvalue weighted by Crippen LogP contribution is 2.22. The average Bonchev–Trinajstić information content (AvgIpc) is 2.91. The van der Waals surface area contributed by atoms with Crippen molar-refractivity contribution in [1.82, 2.24) is 10.2 Å². The zero-order valence-electron chi connectivity index (χ0n) is 12.0. The van der Waals surface area contributed by atoms with Gasteiger partial charge in [-0.3, -0.25) is 4.79 Å². The summed E-state index contributed by atoms with van der Waals surface area (Å²) in [5.74, 6) is -0.174. The summed E-state index contributed by atoms with van der Waals surface area (Å²) in [6.45, 7) is 0.527. The number of benzene rings is 1. The van der Waals surface area contributed by atoms with Gasteiger partial charge in [-0.2, -0.15) is 0 Å². The second kappa shape index (κ2) is 6.93. The van der Waals surface area contributed by atoms with Crippen LogP contribution in [0.3, 0.4) is 0 Å². The van der Waals surface area contributed by atoms with Gasteiger partial charge in [-0.15, -0.1) is 11.3 Å². The number of hydrogen-bond acceptors (Lipinski definition) is 4. The van der Waals surface area contributed by atoms with Crippen molar-refractivity contribution >= 4 is 34.5 Å². The maximum Gasteiger partial charge on any atom is 0.251 e. The first kappa shape index (κ1) is 15.8. The van der Waals surface area contributed by atoms with E-state index in [1.54, 1.807) is 29.5 Å². The molecule has 1 aromatic heterocycles. The molecule has 112 valence electrons. The molecule has 1 unspecified atom stereocenters. The first-order valence-corrected chi connectivity index (χ1v) is 7.77. The molecule has 0 bridgehead atoms. The van der Waals surface area contributed by atoms with Gasteiger partial charge in [0.1, 0.15) is 0 Å². The number of thiophene rings is 1. The highest BCUT2D eigenvalue weighted by Gasteiger charge is 2.17. The Bertz CT molecular complexity index is 593. The third-order valence-corrected chi connectivity index (χ3v) is 4.32. The zero-order valence-corrected chi connectivity index (χ0v) is 13.5. The molecule has 0 radical (unpaired) electrons. The van der Waals surface area contributed by atoms with Gasteiger partial charge >= 0.3 is 0 Å². The number of nitrogens with two attached hydrogens (primary N) is 1. The van der Waals surface area contributed by atoms with Crippen LogP contribution in [0.15, 0.2) is 35.7 Å². The number of amides is 1. The molecule has 4 nitrogen and oxygen atoms in total. The van der Waals surface area contributed by atoms with Crippen molar-refractivity contribution < 1.29 is 4.79 Å². The zero-order chi connectivity index (χ0) is 15.4. The largest absolute Gasteiger partial charge is 0.399 e. The summed E-state index contributed by atoms with van der Waals surface area (Å²) < 4.78 is 0. The van der Waals surface area contributed by atoms with Crippen molar-refractivity contribution in [3.63, 3.8) is 0 Å². The lowest BCUT2D eigenvalue weighted by Crippen LogP contribution is -2.34. The molecule has 0 aliphatic heterocycles. The second-order valence-electron chi connectivity index (χ2n) is 4.98. The smallest absolute Gasteiger partial charge is 0.251 e. The molecular weight excluding hydrogens is 306 g/mol. The van der Waals surface area contributed by atoms with E-state index in [2.05, 4.69) is 16.3 Å². The van der Waals surface area contributed by atoms with Gasteiger partial charge in [0.25, 0.3) is 5.91 Å². The van der Waals surface area contributed by atoms with E-state index in [1.807, 2.05) is 25.5 Å². The maximum absolute atomic E-state index is 12.2. The van der Waals surface area contributed by atoms with E-state index >= 15 is 0 Å². The van der Waals surface area contributed by atoms with Crippen LogP contribution in [0.4, 0.5) is 5.69 Å². The summed E-state index contributed by atoms with van der Waals surface area (Å²) in [6, 6.07) is 9.08. The lowest BCUT2D eigenvalue weighted by Gasteiger charge is -2.23. The first-order chi connectivity index (χ1) is 9.97. The summed E-state index contributed by atoms with van der Waals surface area (Å²) in [6.07, 6.45) is 0. The SMILES string of the molecule is CN(C)C(CNC(=O)c1cc(N)cc(Cl)c1)c1cccs1. The van der Waals surface area contributed by atoms with Gasteiger partial charge in [0.05, 0.1) is 6.04 Å². The fourth-order valence-corrected chi connectivity index (χ4v) is 3.22. The lowest BCUT2D eigenvalue weighted by molar-refractivity contribution is 0.0942. The number of nitrogens with one attached hydrogen (secondary N) is 1. The summed E-state index contributed by atoms with van der Waals surface area (Å²) >= 11 is 7.60. The van der Waals surface area contributed by atoms with Crippen molar-refractivity contribution in [2.24, 2.45) is 0 Å². The molecule has 1 aromatic carbocycles.